The Hall–Kier alpha value is -0.610. The fraction of sp³-hybridized carbons (Fsp3) is 0.857. The number of rotatable bonds is 3. The molecule has 0 unspecified atom stereocenters. The average molecular weight is 158 g/mol. The normalized spacial score (nSPS) is 19.0. The van der Waals surface area contributed by atoms with Crippen molar-refractivity contribution in [1.82, 2.24) is 10.2 Å². The van der Waals surface area contributed by atoms with E-state index in [2.05, 4.69) is 5.32 Å². The molecule has 0 aliphatic carbocycles. The van der Waals surface area contributed by atoms with Gasteiger partial charge in [0, 0.05) is 19.6 Å². The van der Waals surface area contributed by atoms with Crippen LogP contribution in [0.5, 0.6) is 0 Å². The predicted octanol–water partition coefficient (Wildman–Crippen LogP) is -0.935. The van der Waals surface area contributed by atoms with E-state index in [1.54, 1.807) is 0 Å². The maximum Gasteiger partial charge on any atom is 0.248 e. The number of nitrogens with zero attached hydrogens (tertiary/aromatic N) is 1. The molecule has 1 heterocycles. The molecule has 1 saturated heterocycles. The first-order valence-corrected chi connectivity index (χ1v) is 3.84. The molecule has 4 heteroatoms. The van der Waals surface area contributed by atoms with Crippen LogP contribution in [0.3, 0.4) is 0 Å². The molecule has 0 atom stereocenters. The molecule has 1 fully saturated rings. The van der Waals surface area contributed by atoms with Crippen LogP contribution in [-0.2, 0) is 9.53 Å². The highest BCUT2D eigenvalue weighted by Gasteiger charge is 2.16. The Kier molecular flexibility index (Phi) is 3.32. The second-order valence-electron chi connectivity index (χ2n) is 2.54. The van der Waals surface area contributed by atoms with Crippen molar-refractivity contribution in [1.29, 1.82) is 0 Å². The van der Waals surface area contributed by atoms with Crippen LogP contribution in [0, 0.1) is 0 Å². The fourth-order valence-corrected chi connectivity index (χ4v) is 1.03. The van der Waals surface area contributed by atoms with Gasteiger partial charge < -0.3 is 15.0 Å². The van der Waals surface area contributed by atoms with E-state index in [0.29, 0.717) is 6.61 Å². The van der Waals surface area contributed by atoms with E-state index < -0.39 is 0 Å². The number of ether oxygens (including phenoxy) is 1. The standard InChI is InChI=1S/C7H14N2O2/c1-8-2-3-9-4-5-11-6-7(9)10/h8H,2-6H2,1H3. The average Bonchev–Trinajstić information content (AvgIpc) is 2.03. The zero-order chi connectivity index (χ0) is 8.10. The van der Waals surface area contributed by atoms with Gasteiger partial charge in [0.1, 0.15) is 6.61 Å². The van der Waals surface area contributed by atoms with Crippen LogP contribution < -0.4 is 5.32 Å². The van der Waals surface area contributed by atoms with Gasteiger partial charge in [0.2, 0.25) is 5.91 Å². The molecule has 0 aromatic carbocycles. The zero-order valence-electron chi connectivity index (χ0n) is 6.80. The zero-order valence-corrected chi connectivity index (χ0v) is 6.80. The minimum atomic E-state index is 0.103. The number of likely N-dealkylation sites (N-methyl/N-ethyl adjacent to an activating group) is 1. The molecule has 0 aromatic rings. The third-order valence-corrected chi connectivity index (χ3v) is 1.72. The second kappa shape index (κ2) is 4.31. The largest absolute Gasteiger partial charge is 0.370 e. The number of nitrogens with one attached hydrogen (secondary N) is 1. The quantitative estimate of drug-likeness (QED) is 0.576. The van der Waals surface area contributed by atoms with Crippen LogP contribution in [0.15, 0.2) is 0 Å². The molecule has 0 spiro atoms. The number of carbonyl (C=O) groups is 1. The summed E-state index contributed by atoms with van der Waals surface area (Å²) in [5, 5.41) is 3.00. The second-order valence-corrected chi connectivity index (χ2v) is 2.54. The lowest BCUT2D eigenvalue weighted by molar-refractivity contribution is -0.142. The third-order valence-electron chi connectivity index (χ3n) is 1.72. The Morgan fingerprint density at radius 1 is 1.73 bits per heavy atom. The Labute approximate surface area is 66.5 Å². The SMILES string of the molecule is CNCCN1CCOCC1=O. The summed E-state index contributed by atoms with van der Waals surface area (Å²) < 4.78 is 4.98. The third kappa shape index (κ3) is 2.48. The molecule has 1 N–H and O–H groups in total. The lowest BCUT2D eigenvalue weighted by Crippen LogP contribution is -2.44. The van der Waals surface area contributed by atoms with Crippen LogP contribution in [0.1, 0.15) is 0 Å². The lowest BCUT2D eigenvalue weighted by Gasteiger charge is -2.26. The summed E-state index contributed by atoms with van der Waals surface area (Å²) in [4.78, 5) is 12.9. The smallest absolute Gasteiger partial charge is 0.248 e. The molecular weight excluding hydrogens is 144 g/mol. The maximum absolute atomic E-state index is 11.1. The van der Waals surface area contributed by atoms with Crippen molar-refractivity contribution in [2.75, 3.05) is 39.9 Å². The molecule has 11 heavy (non-hydrogen) atoms. The Morgan fingerprint density at radius 3 is 3.18 bits per heavy atom. The van der Waals surface area contributed by atoms with Crippen LogP contribution in [-0.4, -0.2) is 50.7 Å². The molecule has 1 rings (SSSR count). The van der Waals surface area contributed by atoms with Crippen LogP contribution in [0.4, 0.5) is 0 Å². The van der Waals surface area contributed by atoms with E-state index in [-0.39, 0.29) is 12.5 Å². The first kappa shape index (κ1) is 8.49. The van der Waals surface area contributed by atoms with Gasteiger partial charge in [-0.25, -0.2) is 0 Å². The van der Waals surface area contributed by atoms with E-state index in [4.69, 9.17) is 4.74 Å². The van der Waals surface area contributed by atoms with Crippen molar-refractivity contribution in [3.05, 3.63) is 0 Å². The van der Waals surface area contributed by atoms with Gasteiger partial charge in [-0.3, -0.25) is 4.79 Å². The van der Waals surface area contributed by atoms with Gasteiger partial charge in [0.05, 0.1) is 6.61 Å². The Balaban J connectivity index is 2.24. The minimum absolute atomic E-state index is 0.103. The highest BCUT2D eigenvalue weighted by Crippen LogP contribution is 1.96. The number of hydrogen-bond donors (Lipinski definition) is 1. The van der Waals surface area contributed by atoms with Gasteiger partial charge in [0.15, 0.2) is 0 Å². The molecular formula is C7H14N2O2. The molecule has 4 nitrogen and oxygen atoms in total. The van der Waals surface area contributed by atoms with Gasteiger partial charge in [-0.1, -0.05) is 0 Å². The van der Waals surface area contributed by atoms with E-state index in [9.17, 15) is 4.79 Å². The van der Waals surface area contributed by atoms with Gasteiger partial charge in [-0.2, -0.15) is 0 Å². The molecule has 0 radical (unpaired) electrons. The molecule has 1 aliphatic rings. The minimum Gasteiger partial charge on any atom is -0.370 e. The summed E-state index contributed by atoms with van der Waals surface area (Å²) in [6.45, 7) is 3.31. The highest BCUT2D eigenvalue weighted by atomic mass is 16.5. The summed E-state index contributed by atoms with van der Waals surface area (Å²) in [5.74, 6) is 0.103. The van der Waals surface area contributed by atoms with Crippen LogP contribution >= 0.6 is 0 Å². The van der Waals surface area contributed by atoms with Gasteiger partial charge in [-0.15, -0.1) is 0 Å². The molecule has 64 valence electrons. The van der Waals surface area contributed by atoms with Gasteiger partial charge >= 0.3 is 0 Å². The number of carbonyl (C=O) groups excluding carboxylic acids is 1. The fourth-order valence-electron chi connectivity index (χ4n) is 1.03. The highest BCUT2D eigenvalue weighted by molar-refractivity contribution is 5.77. The molecule has 1 aliphatic heterocycles. The van der Waals surface area contributed by atoms with Gasteiger partial charge in [-0.05, 0) is 7.05 Å². The summed E-state index contributed by atoms with van der Waals surface area (Å²) in [5.41, 5.74) is 0. The number of amides is 1. The number of morpholine rings is 1. The molecule has 0 bridgehead atoms. The molecule has 0 aromatic heterocycles. The predicted molar refractivity (Wildman–Crippen MR) is 41.3 cm³/mol. The van der Waals surface area contributed by atoms with Crippen molar-refractivity contribution >= 4 is 5.91 Å². The maximum atomic E-state index is 11.1. The summed E-state index contributed by atoms with van der Waals surface area (Å²) in [6, 6.07) is 0. The van der Waals surface area contributed by atoms with Crippen molar-refractivity contribution in [2.24, 2.45) is 0 Å². The van der Waals surface area contributed by atoms with Crippen molar-refractivity contribution < 1.29 is 9.53 Å². The van der Waals surface area contributed by atoms with Crippen molar-refractivity contribution in [2.45, 2.75) is 0 Å². The Morgan fingerprint density at radius 2 is 2.55 bits per heavy atom. The number of hydrogen-bond acceptors (Lipinski definition) is 3. The van der Waals surface area contributed by atoms with Crippen molar-refractivity contribution in [3.63, 3.8) is 0 Å². The topological polar surface area (TPSA) is 41.6 Å². The summed E-state index contributed by atoms with van der Waals surface area (Å²) in [7, 11) is 1.88. The van der Waals surface area contributed by atoms with Gasteiger partial charge in [0.25, 0.3) is 0 Å². The first-order chi connectivity index (χ1) is 5.34. The first-order valence-electron chi connectivity index (χ1n) is 3.84. The van der Waals surface area contributed by atoms with E-state index in [1.165, 1.54) is 0 Å². The van der Waals surface area contributed by atoms with E-state index in [0.717, 1.165) is 19.6 Å². The van der Waals surface area contributed by atoms with Crippen molar-refractivity contribution in [3.8, 4) is 0 Å². The van der Waals surface area contributed by atoms with E-state index in [1.807, 2.05) is 11.9 Å². The molecule has 1 amide bonds. The Bertz CT molecular complexity index is 138. The summed E-state index contributed by atoms with van der Waals surface area (Å²) in [6.07, 6.45) is 0. The van der Waals surface area contributed by atoms with Crippen LogP contribution in [0.25, 0.3) is 0 Å². The molecule has 0 saturated carbocycles. The van der Waals surface area contributed by atoms with Crippen LogP contribution in [0.2, 0.25) is 0 Å². The lowest BCUT2D eigenvalue weighted by atomic mass is 10.4. The monoisotopic (exact) mass is 158 g/mol. The summed E-state index contributed by atoms with van der Waals surface area (Å²) >= 11 is 0. The van der Waals surface area contributed by atoms with E-state index >= 15 is 0 Å².